The van der Waals surface area contributed by atoms with E-state index in [0.29, 0.717) is 18.9 Å². The van der Waals surface area contributed by atoms with Gasteiger partial charge in [0, 0.05) is 18.1 Å². The van der Waals surface area contributed by atoms with E-state index in [4.69, 9.17) is 9.84 Å². The molecule has 2 aromatic rings. The first-order valence-electron chi connectivity index (χ1n) is 6.79. The lowest BCUT2D eigenvalue weighted by atomic mass is 10.2. The van der Waals surface area contributed by atoms with E-state index in [9.17, 15) is 4.79 Å². The summed E-state index contributed by atoms with van der Waals surface area (Å²) in [5, 5.41) is 15.3. The van der Waals surface area contributed by atoms with Crippen LogP contribution in [0.2, 0.25) is 0 Å². The number of nitrogens with zero attached hydrogens (tertiary/aromatic N) is 1. The molecule has 0 spiro atoms. The zero-order chi connectivity index (χ0) is 15.1. The zero-order valence-electron chi connectivity index (χ0n) is 11.8. The van der Waals surface area contributed by atoms with Crippen LogP contribution in [0.1, 0.15) is 34.8 Å². The second-order valence-corrected chi connectivity index (χ2v) is 5.39. The molecular weight excluding hydrogens is 288 g/mol. The van der Waals surface area contributed by atoms with E-state index in [0.717, 1.165) is 11.4 Å². The maximum absolute atomic E-state index is 10.7. The highest BCUT2D eigenvalue weighted by molar-refractivity contribution is 7.09. The highest BCUT2D eigenvalue weighted by Gasteiger charge is 2.10. The van der Waals surface area contributed by atoms with E-state index >= 15 is 0 Å². The molecule has 112 valence electrons. The summed E-state index contributed by atoms with van der Waals surface area (Å²) in [4.78, 5) is 15.0. The third-order valence-corrected chi connectivity index (χ3v) is 3.91. The molecule has 0 fully saturated rings. The van der Waals surface area contributed by atoms with E-state index in [2.05, 4.69) is 17.2 Å². The van der Waals surface area contributed by atoms with Crippen molar-refractivity contribution >= 4 is 17.3 Å². The van der Waals surface area contributed by atoms with E-state index in [1.807, 2.05) is 11.6 Å². The van der Waals surface area contributed by atoms with Gasteiger partial charge in [-0.3, -0.25) is 0 Å². The predicted molar refractivity (Wildman–Crippen MR) is 82.0 cm³/mol. The second-order valence-electron chi connectivity index (χ2n) is 4.46. The number of rotatable bonds is 8. The van der Waals surface area contributed by atoms with Crippen molar-refractivity contribution in [1.82, 2.24) is 10.3 Å². The Balaban J connectivity index is 1.75. The number of thiazole rings is 1. The molecule has 6 heteroatoms. The van der Waals surface area contributed by atoms with Gasteiger partial charge in [0.2, 0.25) is 0 Å². The standard InChI is InChI=1S/C15H18N2O3S/c1-2-13(14-17-8-10-21-14)16-7-9-20-12-5-3-11(4-6-12)15(18)19/h3-6,8,10,13,16H,2,7,9H2,1H3,(H,18,19). The van der Waals surface area contributed by atoms with Crippen LogP contribution >= 0.6 is 11.3 Å². The van der Waals surface area contributed by atoms with Crippen LogP contribution in [-0.2, 0) is 0 Å². The van der Waals surface area contributed by atoms with Crippen LogP contribution in [0.4, 0.5) is 0 Å². The Hall–Kier alpha value is -1.92. The van der Waals surface area contributed by atoms with Crippen LogP contribution < -0.4 is 10.1 Å². The Kier molecular flexibility index (Phi) is 5.71. The topological polar surface area (TPSA) is 71.5 Å². The minimum absolute atomic E-state index is 0.253. The molecule has 1 atom stereocenters. The highest BCUT2D eigenvalue weighted by atomic mass is 32.1. The summed E-state index contributed by atoms with van der Waals surface area (Å²) in [7, 11) is 0. The van der Waals surface area contributed by atoms with Crippen molar-refractivity contribution in [3.05, 3.63) is 46.4 Å². The van der Waals surface area contributed by atoms with Crippen molar-refractivity contribution in [2.24, 2.45) is 0 Å². The number of benzene rings is 1. The lowest BCUT2D eigenvalue weighted by Gasteiger charge is -2.14. The molecule has 0 saturated carbocycles. The van der Waals surface area contributed by atoms with Crippen molar-refractivity contribution in [2.75, 3.05) is 13.2 Å². The maximum atomic E-state index is 10.7. The van der Waals surface area contributed by atoms with E-state index < -0.39 is 5.97 Å². The molecule has 0 bridgehead atoms. The van der Waals surface area contributed by atoms with Gasteiger partial charge in [-0.1, -0.05) is 6.92 Å². The van der Waals surface area contributed by atoms with Crippen molar-refractivity contribution in [3.63, 3.8) is 0 Å². The van der Waals surface area contributed by atoms with Crippen molar-refractivity contribution < 1.29 is 14.6 Å². The van der Waals surface area contributed by atoms with Crippen LogP contribution in [0.15, 0.2) is 35.8 Å². The monoisotopic (exact) mass is 306 g/mol. The van der Waals surface area contributed by atoms with Crippen molar-refractivity contribution in [1.29, 1.82) is 0 Å². The summed E-state index contributed by atoms with van der Waals surface area (Å²) in [6, 6.07) is 6.66. The molecule has 1 aromatic heterocycles. The van der Waals surface area contributed by atoms with Gasteiger partial charge in [0.15, 0.2) is 0 Å². The van der Waals surface area contributed by atoms with E-state index in [-0.39, 0.29) is 11.6 Å². The number of hydrogen-bond donors (Lipinski definition) is 2. The van der Waals surface area contributed by atoms with E-state index in [1.165, 1.54) is 12.1 Å². The minimum Gasteiger partial charge on any atom is -0.492 e. The van der Waals surface area contributed by atoms with Crippen LogP contribution in [0.25, 0.3) is 0 Å². The Bertz CT molecular complexity index is 555. The van der Waals surface area contributed by atoms with Gasteiger partial charge < -0.3 is 15.2 Å². The summed E-state index contributed by atoms with van der Waals surface area (Å²) in [6.45, 7) is 3.34. The van der Waals surface area contributed by atoms with Crippen molar-refractivity contribution in [3.8, 4) is 5.75 Å². The molecule has 1 aromatic carbocycles. The molecule has 5 nitrogen and oxygen atoms in total. The van der Waals surface area contributed by atoms with Crippen molar-refractivity contribution in [2.45, 2.75) is 19.4 Å². The first kappa shape index (κ1) is 15.5. The summed E-state index contributed by atoms with van der Waals surface area (Å²) in [6.07, 6.45) is 2.78. The molecule has 0 aliphatic rings. The molecular formula is C15H18N2O3S. The first-order chi connectivity index (χ1) is 10.2. The fraction of sp³-hybridized carbons (Fsp3) is 0.333. The molecule has 2 rings (SSSR count). The number of ether oxygens (including phenoxy) is 1. The average Bonchev–Trinajstić information content (AvgIpc) is 3.02. The van der Waals surface area contributed by atoms with Gasteiger partial charge in [0.05, 0.1) is 11.6 Å². The fourth-order valence-electron chi connectivity index (χ4n) is 1.91. The van der Waals surface area contributed by atoms with Gasteiger partial charge in [-0.25, -0.2) is 9.78 Å². The summed E-state index contributed by atoms with van der Waals surface area (Å²) < 4.78 is 5.58. The lowest BCUT2D eigenvalue weighted by Crippen LogP contribution is -2.25. The normalized spacial score (nSPS) is 12.0. The van der Waals surface area contributed by atoms with E-state index in [1.54, 1.807) is 23.5 Å². The number of carboxylic acid groups (broad SMARTS) is 1. The van der Waals surface area contributed by atoms with Gasteiger partial charge in [0.1, 0.15) is 17.4 Å². The van der Waals surface area contributed by atoms with Gasteiger partial charge in [0.25, 0.3) is 0 Å². The third-order valence-electron chi connectivity index (χ3n) is 3.02. The number of hydrogen-bond acceptors (Lipinski definition) is 5. The molecule has 0 saturated heterocycles. The molecule has 2 N–H and O–H groups in total. The molecule has 0 aliphatic heterocycles. The number of carboxylic acids is 1. The van der Waals surface area contributed by atoms with Gasteiger partial charge in [-0.05, 0) is 30.7 Å². The van der Waals surface area contributed by atoms with Crippen LogP contribution in [0, 0.1) is 0 Å². The molecule has 1 unspecified atom stereocenters. The first-order valence-corrected chi connectivity index (χ1v) is 7.67. The lowest BCUT2D eigenvalue weighted by molar-refractivity contribution is 0.0697. The van der Waals surface area contributed by atoms with Crippen LogP contribution in [0.3, 0.4) is 0 Å². The molecule has 21 heavy (non-hydrogen) atoms. The number of aromatic carboxylic acids is 1. The quantitative estimate of drug-likeness (QED) is 0.734. The minimum atomic E-state index is -0.933. The number of nitrogens with one attached hydrogen (secondary N) is 1. The average molecular weight is 306 g/mol. The van der Waals surface area contributed by atoms with Crippen LogP contribution in [0.5, 0.6) is 5.75 Å². The molecule has 0 radical (unpaired) electrons. The fourth-order valence-corrected chi connectivity index (χ4v) is 2.71. The smallest absolute Gasteiger partial charge is 0.335 e. The molecule has 0 aliphatic carbocycles. The Morgan fingerprint density at radius 1 is 1.43 bits per heavy atom. The summed E-state index contributed by atoms with van der Waals surface area (Å²) in [5.74, 6) is -0.262. The Morgan fingerprint density at radius 3 is 2.76 bits per heavy atom. The largest absolute Gasteiger partial charge is 0.492 e. The number of aromatic nitrogens is 1. The van der Waals surface area contributed by atoms with Gasteiger partial charge >= 0.3 is 5.97 Å². The summed E-state index contributed by atoms with van der Waals surface area (Å²) >= 11 is 1.64. The van der Waals surface area contributed by atoms with Gasteiger partial charge in [-0.2, -0.15) is 0 Å². The SMILES string of the molecule is CCC(NCCOc1ccc(C(=O)O)cc1)c1nccs1. The Morgan fingerprint density at radius 2 is 2.19 bits per heavy atom. The Labute approximate surface area is 127 Å². The molecule has 1 heterocycles. The second kappa shape index (κ2) is 7.75. The molecule has 0 amide bonds. The van der Waals surface area contributed by atoms with Crippen LogP contribution in [-0.4, -0.2) is 29.2 Å². The summed E-state index contributed by atoms with van der Waals surface area (Å²) in [5.41, 5.74) is 0.260. The number of carbonyl (C=O) groups is 1. The maximum Gasteiger partial charge on any atom is 0.335 e. The highest BCUT2D eigenvalue weighted by Crippen LogP contribution is 2.18. The van der Waals surface area contributed by atoms with Gasteiger partial charge in [-0.15, -0.1) is 11.3 Å². The third kappa shape index (κ3) is 4.54. The predicted octanol–water partition coefficient (Wildman–Crippen LogP) is 2.96. The zero-order valence-corrected chi connectivity index (χ0v) is 12.6.